The highest BCUT2D eigenvalue weighted by molar-refractivity contribution is 5.91. The molecule has 1 aliphatic carbocycles. The number of hydrogen-bond acceptors (Lipinski definition) is 3. The highest BCUT2D eigenvalue weighted by atomic mass is 16.5. The van der Waals surface area contributed by atoms with Crippen LogP contribution in [0.3, 0.4) is 0 Å². The maximum absolute atomic E-state index is 11.4. The summed E-state index contributed by atoms with van der Waals surface area (Å²) in [5.41, 5.74) is 7.55. The van der Waals surface area contributed by atoms with Crippen molar-refractivity contribution >= 4 is 5.78 Å². The summed E-state index contributed by atoms with van der Waals surface area (Å²) in [4.78, 5) is 11.4. The van der Waals surface area contributed by atoms with E-state index in [0.717, 1.165) is 17.7 Å². The summed E-state index contributed by atoms with van der Waals surface area (Å²) in [6.45, 7) is 0. The van der Waals surface area contributed by atoms with Gasteiger partial charge in [0.05, 0.1) is 7.11 Å². The van der Waals surface area contributed by atoms with E-state index in [1.54, 1.807) is 13.2 Å². The average molecular weight is 217 g/mol. The maximum Gasteiger partial charge on any atom is 0.158 e. The van der Waals surface area contributed by atoms with Crippen LogP contribution in [0.25, 0.3) is 0 Å². The van der Waals surface area contributed by atoms with Crippen LogP contribution in [-0.2, 0) is 4.79 Å². The number of nitrogens with two attached hydrogens (primary N) is 1. The van der Waals surface area contributed by atoms with Crippen molar-refractivity contribution in [1.29, 1.82) is 0 Å². The van der Waals surface area contributed by atoms with Crippen molar-refractivity contribution in [2.24, 2.45) is 5.73 Å². The Morgan fingerprint density at radius 1 is 1.25 bits per heavy atom. The summed E-state index contributed by atoms with van der Waals surface area (Å²) in [6, 6.07) is 7.81. The minimum Gasteiger partial charge on any atom is -0.497 e. The van der Waals surface area contributed by atoms with Crippen LogP contribution in [0.4, 0.5) is 0 Å². The molecule has 0 aromatic heterocycles. The summed E-state index contributed by atoms with van der Waals surface area (Å²) >= 11 is 0. The van der Waals surface area contributed by atoms with Crippen LogP contribution in [0.5, 0.6) is 5.75 Å². The topological polar surface area (TPSA) is 52.3 Å². The van der Waals surface area contributed by atoms with Gasteiger partial charge in [0.25, 0.3) is 0 Å². The standard InChI is InChI=1S/C13H15NO2/c1-16-13-4-2-9(3-5-13)10-6-11(14)8-12(15)7-10/h2-5,8,10H,6-7,14H2,1H3/t10-/m0/s1. The summed E-state index contributed by atoms with van der Waals surface area (Å²) in [7, 11) is 1.64. The Bertz CT molecular complexity index is 420. The lowest BCUT2D eigenvalue weighted by Crippen LogP contribution is -2.16. The molecular weight excluding hydrogens is 202 g/mol. The molecule has 0 saturated carbocycles. The van der Waals surface area contributed by atoms with Crippen molar-refractivity contribution in [2.45, 2.75) is 18.8 Å². The van der Waals surface area contributed by atoms with Gasteiger partial charge in [-0.05, 0) is 36.1 Å². The lowest BCUT2D eigenvalue weighted by atomic mass is 9.86. The van der Waals surface area contributed by atoms with Gasteiger partial charge in [-0.2, -0.15) is 0 Å². The Labute approximate surface area is 94.9 Å². The molecule has 1 atom stereocenters. The van der Waals surface area contributed by atoms with E-state index in [1.165, 1.54) is 0 Å². The number of ether oxygens (including phenoxy) is 1. The molecule has 2 N–H and O–H groups in total. The van der Waals surface area contributed by atoms with Crippen LogP contribution in [0.2, 0.25) is 0 Å². The largest absolute Gasteiger partial charge is 0.497 e. The van der Waals surface area contributed by atoms with Gasteiger partial charge >= 0.3 is 0 Å². The summed E-state index contributed by atoms with van der Waals surface area (Å²) in [5, 5.41) is 0. The molecule has 0 amide bonds. The second-order valence-corrected chi connectivity index (χ2v) is 4.06. The minimum absolute atomic E-state index is 0.115. The molecule has 0 saturated heterocycles. The van der Waals surface area contributed by atoms with Crippen LogP contribution in [0.15, 0.2) is 36.0 Å². The van der Waals surface area contributed by atoms with E-state index in [4.69, 9.17) is 10.5 Å². The van der Waals surface area contributed by atoms with Crippen LogP contribution < -0.4 is 10.5 Å². The van der Waals surface area contributed by atoms with E-state index in [0.29, 0.717) is 12.1 Å². The molecular formula is C13H15NO2. The molecule has 0 spiro atoms. The van der Waals surface area contributed by atoms with Crippen molar-refractivity contribution in [3.63, 3.8) is 0 Å². The molecule has 0 bridgehead atoms. The van der Waals surface area contributed by atoms with Crippen molar-refractivity contribution in [2.75, 3.05) is 7.11 Å². The Balaban J connectivity index is 2.18. The number of benzene rings is 1. The van der Waals surface area contributed by atoms with Gasteiger partial charge < -0.3 is 10.5 Å². The fourth-order valence-electron chi connectivity index (χ4n) is 2.04. The molecule has 0 heterocycles. The first kappa shape index (κ1) is 10.7. The first-order chi connectivity index (χ1) is 7.69. The number of ketones is 1. The third-order valence-electron chi connectivity index (χ3n) is 2.86. The van der Waals surface area contributed by atoms with Gasteiger partial charge in [0, 0.05) is 12.1 Å². The van der Waals surface area contributed by atoms with Gasteiger partial charge in [-0.3, -0.25) is 4.79 Å². The number of hydrogen-bond donors (Lipinski definition) is 1. The van der Waals surface area contributed by atoms with Crippen LogP contribution in [0.1, 0.15) is 24.3 Å². The minimum atomic E-state index is 0.115. The third kappa shape index (κ3) is 2.24. The van der Waals surface area contributed by atoms with E-state index >= 15 is 0 Å². The van der Waals surface area contributed by atoms with Crippen LogP contribution in [-0.4, -0.2) is 12.9 Å². The van der Waals surface area contributed by atoms with E-state index in [-0.39, 0.29) is 11.7 Å². The molecule has 16 heavy (non-hydrogen) atoms. The van der Waals surface area contributed by atoms with Gasteiger partial charge in [-0.15, -0.1) is 0 Å². The highest BCUT2D eigenvalue weighted by Gasteiger charge is 2.20. The van der Waals surface area contributed by atoms with Crippen LogP contribution in [0, 0.1) is 0 Å². The second-order valence-electron chi connectivity index (χ2n) is 4.06. The smallest absolute Gasteiger partial charge is 0.158 e. The monoisotopic (exact) mass is 217 g/mol. The molecule has 0 aliphatic heterocycles. The number of allylic oxidation sites excluding steroid dienone is 2. The lowest BCUT2D eigenvalue weighted by molar-refractivity contribution is -0.115. The predicted octanol–water partition coefficient (Wildman–Crippen LogP) is 1.98. The lowest BCUT2D eigenvalue weighted by Gasteiger charge is -2.20. The SMILES string of the molecule is COc1ccc([C@@H]2CC(=O)C=C(N)C2)cc1. The van der Waals surface area contributed by atoms with Gasteiger partial charge in [0.15, 0.2) is 5.78 Å². The molecule has 1 aliphatic rings. The van der Waals surface area contributed by atoms with E-state index in [2.05, 4.69) is 0 Å². The van der Waals surface area contributed by atoms with E-state index in [1.807, 2.05) is 24.3 Å². The first-order valence-electron chi connectivity index (χ1n) is 5.32. The van der Waals surface area contributed by atoms with Crippen LogP contribution >= 0.6 is 0 Å². The average Bonchev–Trinajstić information content (AvgIpc) is 2.28. The number of rotatable bonds is 2. The Morgan fingerprint density at radius 3 is 2.50 bits per heavy atom. The molecule has 1 aromatic rings. The van der Waals surface area contributed by atoms with Crippen molar-refractivity contribution < 1.29 is 9.53 Å². The van der Waals surface area contributed by atoms with Gasteiger partial charge in [-0.1, -0.05) is 12.1 Å². The molecule has 3 nitrogen and oxygen atoms in total. The fraction of sp³-hybridized carbons (Fsp3) is 0.308. The molecule has 84 valence electrons. The zero-order valence-corrected chi connectivity index (χ0v) is 9.27. The van der Waals surface area contributed by atoms with E-state index < -0.39 is 0 Å². The zero-order chi connectivity index (χ0) is 11.5. The fourth-order valence-corrected chi connectivity index (χ4v) is 2.04. The number of methoxy groups -OCH3 is 1. The Kier molecular flexibility index (Phi) is 2.95. The maximum atomic E-state index is 11.4. The molecule has 0 radical (unpaired) electrons. The first-order valence-corrected chi connectivity index (χ1v) is 5.32. The normalized spacial score (nSPS) is 20.4. The summed E-state index contributed by atoms with van der Waals surface area (Å²) < 4.78 is 5.10. The van der Waals surface area contributed by atoms with Crippen molar-refractivity contribution in [3.8, 4) is 5.75 Å². The molecule has 0 unspecified atom stereocenters. The number of carbonyl (C=O) groups is 1. The Hall–Kier alpha value is -1.77. The highest BCUT2D eigenvalue weighted by Crippen LogP contribution is 2.30. The zero-order valence-electron chi connectivity index (χ0n) is 9.27. The number of carbonyl (C=O) groups excluding carboxylic acids is 1. The predicted molar refractivity (Wildman–Crippen MR) is 62.2 cm³/mol. The quantitative estimate of drug-likeness (QED) is 0.824. The van der Waals surface area contributed by atoms with E-state index in [9.17, 15) is 4.79 Å². The van der Waals surface area contributed by atoms with Gasteiger partial charge in [0.2, 0.25) is 0 Å². The molecule has 0 fully saturated rings. The summed E-state index contributed by atoms with van der Waals surface area (Å²) in [6.07, 6.45) is 2.85. The van der Waals surface area contributed by atoms with Crippen molar-refractivity contribution in [1.82, 2.24) is 0 Å². The second kappa shape index (κ2) is 4.39. The van der Waals surface area contributed by atoms with Crippen molar-refractivity contribution in [3.05, 3.63) is 41.6 Å². The molecule has 2 rings (SSSR count). The summed E-state index contributed by atoms with van der Waals surface area (Å²) in [5.74, 6) is 1.15. The van der Waals surface area contributed by atoms with Gasteiger partial charge in [0.1, 0.15) is 5.75 Å². The van der Waals surface area contributed by atoms with Gasteiger partial charge in [-0.25, -0.2) is 0 Å². The third-order valence-corrected chi connectivity index (χ3v) is 2.86. The molecule has 3 heteroatoms. The Morgan fingerprint density at radius 2 is 1.94 bits per heavy atom. The molecule has 1 aromatic carbocycles.